The molecule has 0 bridgehead atoms. The molecule has 14 heteroatoms. The number of hydrogen-bond acceptors (Lipinski definition) is 6. The van der Waals surface area contributed by atoms with Crippen LogP contribution in [0.2, 0.25) is 0 Å². The highest BCUT2D eigenvalue weighted by Crippen LogP contribution is 2.56. The van der Waals surface area contributed by atoms with Gasteiger partial charge in [-0.25, -0.2) is 23.5 Å². The Bertz CT molecular complexity index is 1230. The lowest BCUT2D eigenvalue weighted by Crippen LogP contribution is -2.75. The van der Waals surface area contributed by atoms with Crippen LogP contribution in [-0.2, 0) is 12.7 Å². The van der Waals surface area contributed by atoms with Crippen LogP contribution in [-0.4, -0.2) is 91.1 Å². The Morgan fingerprint density at radius 2 is 1.58 bits per heavy atom. The molecule has 2 aromatic rings. The Labute approximate surface area is 214 Å². The van der Waals surface area contributed by atoms with Crippen molar-refractivity contribution >= 4 is 6.03 Å². The Hall–Kier alpha value is -2.90. The number of rotatable bonds is 4. The molecule has 5 heterocycles. The van der Waals surface area contributed by atoms with Crippen LogP contribution in [0.3, 0.4) is 0 Å². The van der Waals surface area contributed by atoms with Gasteiger partial charge in [0.1, 0.15) is 5.82 Å². The van der Waals surface area contributed by atoms with E-state index in [1.54, 1.807) is 0 Å². The van der Waals surface area contributed by atoms with E-state index in [-0.39, 0.29) is 41.5 Å². The zero-order valence-corrected chi connectivity index (χ0v) is 20.5. The highest BCUT2D eigenvalue weighted by molar-refractivity contribution is 5.77. The molecule has 0 aromatic carbocycles. The first-order chi connectivity index (χ1) is 17.9. The summed E-state index contributed by atoms with van der Waals surface area (Å²) in [5.41, 5.74) is -0.323. The molecule has 5 fully saturated rings. The van der Waals surface area contributed by atoms with Gasteiger partial charge in [0.15, 0.2) is 11.5 Å². The van der Waals surface area contributed by atoms with Gasteiger partial charge < -0.3 is 9.80 Å². The largest absolute Gasteiger partial charge is 0.434 e. The number of aromatic nitrogens is 5. The number of aromatic amines is 1. The van der Waals surface area contributed by atoms with Gasteiger partial charge in [-0.05, 0) is 12.8 Å². The second-order valence-electron chi connectivity index (χ2n) is 12.2. The number of carbonyl (C=O) groups is 1. The molecule has 3 saturated heterocycles. The lowest BCUT2D eigenvalue weighted by molar-refractivity contribution is -0.141. The van der Waals surface area contributed by atoms with E-state index in [2.05, 4.69) is 30.0 Å². The number of nitrogens with zero attached hydrogens (tertiary/aromatic N) is 7. The fourth-order valence-corrected chi connectivity index (χ4v) is 6.96. The molecule has 2 spiro atoms. The Kier molecular flexibility index (Phi) is 4.98. The summed E-state index contributed by atoms with van der Waals surface area (Å²) in [6.07, 6.45) is -1.09. The van der Waals surface area contributed by atoms with E-state index >= 15 is 0 Å². The molecular formula is C24H27F5N8O. The summed E-state index contributed by atoms with van der Waals surface area (Å²) in [4.78, 5) is 30.6. The normalized spacial score (nSPS) is 25.9. The minimum atomic E-state index is -4.49. The molecule has 0 atom stereocenters. The topological polar surface area (TPSA) is 94.1 Å². The van der Waals surface area contributed by atoms with E-state index in [0.29, 0.717) is 37.0 Å². The number of amides is 2. The van der Waals surface area contributed by atoms with Crippen LogP contribution in [0.5, 0.6) is 0 Å². The lowest BCUT2D eigenvalue weighted by atomic mass is 9.57. The van der Waals surface area contributed by atoms with Gasteiger partial charge in [-0.15, -0.1) is 0 Å². The summed E-state index contributed by atoms with van der Waals surface area (Å²) in [6.45, 7) is 4.81. The number of H-pyrrole nitrogens is 1. The average molecular weight is 539 g/mol. The number of hydrogen-bond donors (Lipinski definition) is 1. The smallest absolute Gasteiger partial charge is 0.323 e. The first-order valence-corrected chi connectivity index (χ1v) is 12.8. The summed E-state index contributed by atoms with van der Waals surface area (Å²) >= 11 is 0. The van der Waals surface area contributed by atoms with Crippen molar-refractivity contribution in [2.75, 3.05) is 39.3 Å². The third-order valence-corrected chi connectivity index (χ3v) is 8.87. The van der Waals surface area contributed by atoms with Crippen molar-refractivity contribution in [3.8, 4) is 0 Å². The number of alkyl halides is 5. The van der Waals surface area contributed by atoms with Crippen LogP contribution in [0.4, 0.5) is 26.7 Å². The molecule has 0 unspecified atom stereocenters. The maximum absolute atomic E-state index is 13.1. The van der Waals surface area contributed by atoms with E-state index < -0.39 is 17.8 Å². The predicted molar refractivity (Wildman–Crippen MR) is 121 cm³/mol. The van der Waals surface area contributed by atoms with Crippen molar-refractivity contribution in [1.82, 2.24) is 39.8 Å². The Morgan fingerprint density at radius 3 is 2.16 bits per heavy atom. The first-order valence-electron chi connectivity index (χ1n) is 12.8. The van der Waals surface area contributed by atoms with Crippen molar-refractivity contribution in [1.29, 1.82) is 0 Å². The zero-order valence-electron chi connectivity index (χ0n) is 20.5. The van der Waals surface area contributed by atoms with Gasteiger partial charge in [-0.1, -0.05) is 0 Å². The summed E-state index contributed by atoms with van der Waals surface area (Å²) in [5.74, 6) is -1.35. The van der Waals surface area contributed by atoms with E-state index in [9.17, 15) is 26.7 Å². The van der Waals surface area contributed by atoms with E-state index in [1.807, 2.05) is 9.80 Å². The highest BCUT2D eigenvalue weighted by atomic mass is 19.4. The number of halogens is 5. The molecule has 38 heavy (non-hydrogen) atoms. The standard InChI is InChI=1S/C24H27F5N8O/c25-23(26)3-15(4-23)19-32-18(33-34-19)14-1-21(2-14)10-36(11-21)20(38)37-12-22(13-37)8-35(9-22)7-16-5-31-17(6-30-16)24(27,28)29/h5-6,14-15H,1-4,7-13H2,(H,32,33,34). The third kappa shape index (κ3) is 4.02. The van der Waals surface area contributed by atoms with E-state index in [0.717, 1.165) is 45.2 Å². The van der Waals surface area contributed by atoms with Gasteiger partial charge in [-0.3, -0.25) is 15.0 Å². The quantitative estimate of drug-likeness (QED) is 0.601. The molecule has 7 rings (SSSR count). The monoisotopic (exact) mass is 538 g/mol. The van der Waals surface area contributed by atoms with Crippen LogP contribution in [0, 0.1) is 10.8 Å². The van der Waals surface area contributed by atoms with Gasteiger partial charge in [0, 0.05) is 81.3 Å². The molecular weight excluding hydrogens is 511 g/mol. The zero-order chi connectivity index (χ0) is 26.5. The fraction of sp³-hybridized carbons (Fsp3) is 0.708. The summed E-state index contributed by atoms with van der Waals surface area (Å²) < 4.78 is 64.2. The molecule has 2 aromatic heterocycles. The molecule has 1 N–H and O–H groups in total. The van der Waals surface area contributed by atoms with Gasteiger partial charge in [-0.2, -0.15) is 18.3 Å². The van der Waals surface area contributed by atoms with Crippen LogP contribution in [0.25, 0.3) is 0 Å². The number of likely N-dealkylation sites (tertiary alicyclic amines) is 3. The van der Waals surface area contributed by atoms with Crippen LogP contribution in [0.15, 0.2) is 12.4 Å². The summed E-state index contributed by atoms with van der Waals surface area (Å²) in [7, 11) is 0. The highest BCUT2D eigenvalue weighted by Gasteiger charge is 2.59. The Morgan fingerprint density at radius 1 is 0.921 bits per heavy atom. The molecule has 2 aliphatic carbocycles. The van der Waals surface area contributed by atoms with E-state index in [4.69, 9.17) is 0 Å². The van der Waals surface area contributed by atoms with Crippen LogP contribution < -0.4 is 0 Å². The van der Waals surface area contributed by atoms with Gasteiger partial charge in [0.2, 0.25) is 5.92 Å². The summed E-state index contributed by atoms with van der Waals surface area (Å²) in [6, 6.07) is 0.0582. The number of urea groups is 1. The number of carbonyl (C=O) groups excluding carboxylic acids is 1. The molecule has 9 nitrogen and oxygen atoms in total. The molecule has 3 aliphatic heterocycles. The SMILES string of the molecule is O=C(N1CC2(CC(c3n[nH]c(C4CC(F)(F)C4)n3)C2)C1)N1CC2(CN(Cc3cnc(C(F)(F)F)cn3)C2)C1. The first kappa shape index (κ1) is 24.2. The lowest BCUT2D eigenvalue weighted by Gasteiger charge is -2.63. The van der Waals surface area contributed by atoms with Crippen molar-refractivity contribution in [2.45, 2.75) is 56.2 Å². The van der Waals surface area contributed by atoms with Crippen molar-refractivity contribution in [2.24, 2.45) is 10.8 Å². The number of nitrogens with one attached hydrogen (secondary N) is 1. The predicted octanol–water partition coefficient (Wildman–Crippen LogP) is 3.24. The minimum absolute atomic E-state index is 0.0582. The molecule has 2 saturated carbocycles. The molecule has 204 valence electrons. The van der Waals surface area contributed by atoms with Crippen molar-refractivity contribution < 1.29 is 26.7 Å². The van der Waals surface area contributed by atoms with Crippen LogP contribution >= 0.6 is 0 Å². The average Bonchev–Trinajstić information content (AvgIpc) is 3.19. The van der Waals surface area contributed by atoms with Crippen molar-refractivity contribution in [3.05, 3.63) is 35.4 Å². The van der Waals surface area contributed by atoms with E-state index in [1.165, 1.54) is 6.20 Å². The van der Waals surface area contributed by atoms with Gasteiger partial charge in [0.25, 0.3) is 0 Å². The molecule has 5 aliphatic rings. The molecule has 0 radical (unpaired) electrons. The van der Waals surface area contributed by atoms with Gasteiger partial charge in [0.05, 0.1) is 18.1 Å². The fourth-order valence-electron chi connectivity index (χ4n) is 6.96. The second-order valence-corrected chi connectivity index (χ2v) is 12.2. The minimum Gasteiger partial charge on any atom is -0.323 e. The Balaban J connectivity index is 0.828. The third-order valence-electron chi connectivity index (χ3n) is 8.87. The molecule has 2 amide bonds. The van der Waals surface area contributed by atoms with Crippen molar-refractivity contribution in [3.63, 3.8) is 0 Å². The maximum atomic E-state index is 13.1. The van der Waals surface area contributed by atoms with Gasteiger partial charge >= 0.3 is 12.2 Å². The maximum Gasteiger partial charge on any atom is 0.434 e. The summed E-state index contributed by atoms with van der Waals surface area (Å²) in [5, 5.41) is 7.11. The van der Waals surface area contributed by atoms with Crippen LogP contribution in [0.1, 0.15) is 60.6 Å². The second kappa shape index (κ2) is 7.82.